The molecule has 0 bridgehead atoms. The Morgan fingerprint density at radius 1 is 1.24 bits per heavy atom. The minimum Gasteiger partial charge on any atom is -0.508 e. The lowest BCUT2D eigenvalue weighted by atomic mass is 9.65. The second-order valence-corrected chi connectivity index (χ2v) is 10.3. The monoisotopic (exact) mass is 401 g/mol. The molecule has 29 heavy (non-hydrogen) atoms. The number of phenolic OH excluding ortho intramolecular Hbond substituents is 1. The molecule has 0 saturated heterocycles. The molecule has 4 nitrogen and oxygen atoms in total. The molecule has 1 amide bonds. The van der Waals surface area contributed by atoms with Gasteiger partial charge in [-0.3, -0.25) is 4.79 Å². The lowest BCUT2D eigenvalue weighted by Gasteiger charge is -2.49. The first-order chi connectivity index (χ1) is 13.7. The highest BCUT2D eigenvalue weighted by Crippen LogP contribution is 2.55. The van der Waals surface area contributed by atoms with Gasteiger partial charge >= 0.3 is 0 Å². The van der Waals surface area contributed by atoms with Gasteiger partial charge < -0.3 is 15.2 Å². The number of rotatable bonds is 8. The predicted molar refractivity (Wildman–Crippen MR) is 118 cm³/mol. The van der Waals surface area contributed by atoms with Crippen LogP contribution in [0.15, 0.2) is 12.1 Å². The number of nitrogens with one attached hydrogen (secondary N) is 1. The Morgan fingerprint density at radius 3 is 2.69 bits per heavy atom. The summed E-state index contributed by atoms with van der Waals surface area (Å²) in [4.78, 5) is 11.0. The summed E-state index contributed by atoms with van der Waals surface area (Å²) < 4.78 is 6.49. The van der Waals surface area contributed by atoms with Crippen molar-refractivity contribution < 1.29 is 14.6 Å². The first-order valence-corrected chi connectivity index (χ1v) is 11.5. The Bertz CT molecular complexity index is 725. The summed E-state index contributed by atoms with van der Waals surface area (Å²) in [6.45, 7) is 11.1. The first kappa shape index (κ1) is 22.0. The van der Waals surface area contributed by atoms with E-state index in [4.69, 9.17) is 4.74 Å². The molecule has 0 radical (unpaired) electrons. The number of phenols is 1. The van der Waals surface area contributed by atoms with E-state index in [1.165, 1.54) is 25.7 Å². The number of carbonyl (C=O) groups excluding carboxylic acids is 1. The van der Waals surface area contributed by atoms with E-state index in [0.717, 1.165) is 49.0 Å². The van der Waals surface area contributed by atoms with Crippen LogP contribution < -0.4 is 10.1 Å². The van der Waals surface area contributed by atoms with Crippen molar-refractivity contribution in [2.45, 2.75) is 109 Å². The summed E-state index contributed by atoms with van der Waals surface area (Å²) >= 11 is 0. The second kappa shape index (κ2) is 8.57. The predicted octanol–water partition coefficient (Wildman–Crippen LogP) is 5.81. The molecule has 0 aromatic heterocycles. The molecule has 0 spiro atoms. The van der Waals surface area contributed by atoms with Crippen LogP contribution in [0.25, 0.3) is 0 Å². The van der Waals surface area contributed by atoms with E-state index in [1.54, 1.807) is 0 Å². The van der Waals surface area contributed by atoms with Gasteiger partial charge in [-0.2, -0.15) is 0 Å². The number of hydrogen-bond donors (Lipinski definition) is 2. The third-order valence-electron chi connectivity index (χ3n) is 7.35. The number of amides is 1. The molecule has 4 heteroatoms. The summed E-state index contributed by atoms with van der Waals surface area (Å²) in [6, 6.07) is 4.31. The molecule has 3 rings (SSSR count). The van der Waals surface area contributed by atoms with Crippen molar-refractivity contribution >= 4 is 6.41 Å². The third kappa shape index (κ3) is 4.57. The number of hydrogen-bond acceptors (Lipinski definition) is 3. The van der Waals surface area contributed by atoms with Gasteiger partial charge in [-0.15, -0.1) is 0 Å². The Labute approximate surface area is 176 Å². The Hall–Kier alpha value is -1.71. The van der Waals surface area contributed by atoms with Crippen LogP contribution in [0.4, 0.5) is 0 Å². The summed E-state index contributed by atoms with van der Waals surface area (Å²) in [7, 11) is 0. The average molecular weight is 402 g/mol. The van der Waals surface area contributed by atoms with Gasteiger partial charge in [-0.05, 0) is 68.6 Å². The number of carbonyl (C=O) groups is 1. The van der Waals surface area contributed by atoms with Crippen LogP contribution in [-0.4, -0.2) is 23.2 Å². The highest BCUT2D eigenvalue weighted by molar-refractivity contribution is 5.54. The van der Waals surface area contributed by atoms with Gasteiger partial charge in [0.05, 0.1) is 0 Å². The highest BCUT2D eigenvalue weighted by atomic mass is 16.5. The smallest absolute Gasteiger partial charge is 0.207 e. The van der Waals surface area contributed by atoms with E-state index >= 15 is 0 Å². The molecule has 1 aliphatic carbocycles. The number of fused-ring (bicyclic) bond motifs is 3. The van der Waals surface area contributed by atoms with Gasteiger partial charge in [0, 0.05) is 17.5 Å². The molecule has 1 heterocycles. The van der Waals surface area contributed by atoms with Gasteiger partial charge in [0.15, 0.2) is 0 Å². The Morgan fingerprint density at radius 2 is 2.00 bits per heavy atom. The van der Waals surface area contributed by atoms with E-state index in [2.05, 4.69) is 46.0 Å². The fraction of sp³-hybridized carbons (Fsp3) is 0.720. The minimum absolute atomic E-state index is 0.00121. The van der Waals surface area contributed by atoms with Crippen LogP contribution in [0.3, 0.4) is 0 Å². The van der Waals surface area contributed by atoms with Crippen LogP contribution >= 0.6 is 0 Å². The summed E-state index contributed by atoms with van der Waals surface area (Å²) in [5, 5.41) is 14.0. The lowest BCUT2D eigenvalue weighted by molar-refractivity contribution is -0.110. The second-order valence-electron chi connectivity index (χ2n) is 10.3. The van der Waals surface area contributed by atoms with Gasteiger partial charge in [0.2, 0.25) is 6.41 Å². The number of benzene rings is 1. The van der Waals surface area contributed by atoms with Crippen molar-refractivity contribution in [3.05, 3.63) is 23.3 Å². The average Bonchev–Trinajstić information content (AvgIpc) is 2.64. The summed E-state index contributed by atoms with van der Waals surface area (Å²) in [6.07, 6.45) is 9.71. The zero-order valence-corrected chi connectivity index (χ0v) is 18.9. The quantitative estimate of drug-likeness (QED) is 0.427. The number of unbranched alkanes of at least 4 members (excludes halogenated alkanes) is 3. The molecule has 1 saturated carbocycles. The SMILES string of the molecule is CCCCCCC(C)(C)c1cc(O)c2c(c1)OC(C)(C)C1CCC(NC=O)CC21. The van der Waals surface area contributed by atoms with Crippen molar-refractivity contribution in [3.8, 4) is 11.5 Å². The van der Waals surface area contributed by atoms with E-state index in [-0.39, 0.29) is 23.0 Å². The first-order valence-electron chi connectivity index (χ1n) is 11.5. The lowest BCUT2D eigenvalue weighted by Crippen LogP contribution is -2.49. The van der Waals surface area contributed by atoms with Gasteiger partial charge in [0.25, 0.3) is 0 Å². The Kier molecular flexibility index (Phi) is 6.50. The number of ether oxygens (including phenoxy) is 1. The van der Waals surface area contributed by atoms with Crippen LogP contribution in [0.5, 0.6) is 11.5 Å². The van der Waals surface area contributed by atoms with Gasteiger partial charge in [0.1, 0.15) is 17.1 Å². The molecule has 1 aliphatic heterocycles. The molecule has 3 atom stereocenters. The van der Waals surface area contributed by atoms with E-state index in [0.29, 0.717) is 11.7 Å². The van der Waals surface area contributed by atoms with Crippen LogP contribution in [0.2, 0.25) is 0 Å². The summed E-state index contributed by atoms with van der Waals surface area (Å²) in [5.74, 6) is 1.75. The van der Waals surface area contributed by atoms with Crippen LogP contribution in [0.1, 0.15) is 103 Å². The van der Waals surface area contributed by atoms with E-state index in [9.17, 15) is 9.90 Å². The topological polar surface area (TPSA) is 58.6 Å². The fourth-order valence-electron chi connectivity index (χ4n) is 5.53. The maximum Gasteiger partial charge on any atom is 0.207 e. The van der Waals surface area contributed by atoms with E-state index < -0.39 is 0 Å². The largest absolute Gasteiger partial charge is 0.508 e. The molecule has 2 N–H and O–H groups in total. The maximum absolute atomic E-state index is 11.1. The van der Waals surface area contributed by atoms with Crippen molar-refractivity contribution in [2.75, 3.05) is 0 Å². The van der Waals surface area contributed by atoms with Crippen LogP contribution in [-0.2, 0) is 10.2 Å². The zero-order chi connectivity index (χ0) is 21.2. The van der Waals surface area contributed by atoms with Crippen molar-refractivity contribution in [1.82, 2.24) is 5.32 Å². The normalized spacial score (nSPS) is 25.5. The third-order valence-corrected chi connectivity index (χ3v) is 7.35. The maximum atomic E-state index is 11.1. The molecule has 3 unspecified atom stereocenters. The standard InChI is InChI=1S/C25H39NO3/c1-6-7-8-9-12-24(2,3)17-13-21(28)23-19-15-18(26-16-27)10-11-20(19)25(4,5)29-22(23)14-17/h13-14,16,18-20,28H,6-12,15H2,1-5H3,(H,26,27). The number of aromatic hydroxyl groups is 1. The van der Waals surface area contributed by atoms with Crippen molar-refractivity contribution in [3.63, 3.8) is 0 Å². The van der Waals surface area contributed by atoms with Gasteiger partial charge in [-0.1, -0.05) is 46.5 Å². The molecule has 1 aromatic rings. The fourth-order valence-corrected chi connectivity index (χ4v) is 5.53. The highest BCUT2D eigenvalue weighted by Gasteiger charge is 2.48. The van der Waals surface area contributed by atoms with Crippen molar-refractivity contribution in [2.24, 2.45) is 5.92 Å². The minimum atomic E-state index is -0.278. The summed E-state index contributed by atoms with van der Waals surface area (Å²) in [5.41, 5.74) is 1.81. The van der Waals surface area contributed by atoms with Gasteiger partial charge in [-0.25, -0.2) is 0 Å². The van der Waals surface area contributed by atoms with Crippen LogP contribution in [0, 0.1) is 5.92 Å². The molecule has 162 valence electrons. The Balaban J connectivity index is 1.91. The molecular formula is C25H39NO3. The zero-order valence-electron chi connectivity index (χ0n) is 18.9. The molecular weight excluding hydrogens is 362 g/mol. The molecule has 1 aromatic carbocycles. The molecule has 1 fully saturated rings. The van der Waals surface area contributed by atoms with E-state index in [1.807, 2.05) is 6.07 Å². The molecule has 2 aliphatic rings. The van der Waals surface area contributed by atoms with Crippen molar-refractivity contribution in [1.29, 1.82) is 0 Å².